The van der Waals surface area contributed by atoms with Crippen molar-refractivity contribution >= 4 is 16.8 Å². The minimum Gasteiger partial charge on any atom is -0.334 e. The Bertz CT molecular complexity index is 1310. The first-order valence-corrected chi connectivity index (χ1v) is 9.40. The van der Waals surface area contributed by atoms with Crippen molar-refractivity contribution in [2.24, 2.45) is 0 Å². The molecule has 0 aliphatic rings. The van der Waals surface area contributed by atoms with Crippen molar-refractivity contribution in [1.29, 1.82) is 0 Å². The molecule has 0 bridgehead atoms. The molecule has 0 radical (unpaired) electrons. The maximum absolute atomic E-state index is 13.2. The number of aryl methyl sites for hydroxylation is 1. The number of benzene rings is 2. The average molecular weight is 405 g/mol. The molecule has 152 valence electrons. The fourth-order valence-electron chi connectivity index (χ4n) is 3.48. The first-order valence-electron chi connectivity index (χ1n) is 9.40. The Morgan fingerprint density at radius 2 is 1.83 bits per heavy atom. The topological polar surface area (TPSA) is 83.9 Å². The summed E-state index contributed by atoms with van der Waals surface area (Å²) in [4.78, 5) is 34.1. The normalized spacial score (nSPS) is 11.1. The Kier molecular flexibility index (Phi) is 4.91. The van der Waals surface area contributed by atoms with Crippen LogP contribution < -0.4 is 5.56 Å². The van der Waals surface area contributed by atoms with E-state index in [1.54, 1.807) is 55.9 Å². The highest BCUT2D eigenvalue weighted by Crippen LogP contribution is 2.20. The van der Waals surface area contributed by atoms with Crippen LogP contribution in [0.5, 0.6) is 0 Å². The van der Waals surface area contributed by atoms with Crippen LogP contribution in [0.3, 0.4) is 0 Å². The van der Waals surface area contributed by atoms with Crippen molar-refractivity contribution < 1.29 is 9.18 Å². The molecule has 4 aromatic rings. The number of nitrogens with one attached hydrogen (secondary N) is 1. The average Bonchev–Trinajstić information content (AvgIpc) is 3.02. The van der Waals surface area contributed by atoms with E-state index in [2.05, 4.69) is 15.1 Å². The standard InChI is InChI=1S/C22H20FN5O2/c1-13-20(14(2)28(26-13)16-10-8-15(23)9-11-16)22(30)27(3)12-19-24-18-7-5-4-6-17(18)21(29)25-19/h4-11H,12H2,1-3H3,(H,24,25,29). The predicted molar refractivity (Wildman–Crippen MR) is 111 cm³/mol. The van der Waals surface area contributed by atoms with Crippen molar-refractivity contribution in [3.8, 4) is 5.69 Å². The third-order valence-electron chi connectivity index (χ3n) is 4.97. The quantitative estimate of drug-likeness (QED) is 0.565. The highest BCUT2D eigenvalue weighted by atomic mass is 19.1. The Labute approximate surface area is 171 Å². The third kappa shape index (κ3) is 3.47. The number of nitrogens with zero attached hydrogens (tertiary/aromatic N) is 4. The smallest absolute Gasteiger partial charge is 0.258 e. The summed E-state index contributed by atoms with van der Waals surface area (Å²) in [5.74, 6) is -0.182. The van der Waals surface area contributed by atoms with E-state index in [9.17, 15) is 14.0 Å². The second kappa shape index (κ2) is 7.55. The third-order valence-corrected chi connectivity index (χ3v) is 4.97. The van der Waals surface area contributed by atoms with E-state index in [1.807, 2.05) is 6.07 Å². The number of carbonyl (C=O) groups is 1. The number of H-pyrrole nitrogens is 1. The van der Waals surface area contributed by atoms with Crippen LogP contribution in [0.25, 0.3) is 16.6 Å². The fourth-order valence-corrected chi connectivity index (χ4v) is 3.48. The highest BCUT2D eigenvalue weighted by molar-refractivity contribution is 5.96. The summed E-state index contributed by atoms with van der Waals surface area (Å²) in [6.45, 7) is 3.68. The van der Waals surface area contributed by atoms with Gasteiger partial charge in [-0.25, -0.2) is 14.1 Å². The van der Waals surface area contributed by atoms with Crippen LogP contribution in [-0.4, -0.2) is 37.6 Å². The molecule has 0 saturated carbocycles. The number of fused-ring (bicyclic) bond motifs is 1. The summed E-state index contributed by atoms with van der Waals surface area (Å²) < 4.78 is 14.8. The van der Waals surface area contributed by atoms with Crippen molar-refractivity contribution in [1.82, 2.24) is 24.6 Å². The van der Waals surface area contributed by atoms with Crippen LogP contribution in [0.15, 0.2) is 53.3 Å². The molecule has 2 aromatic heterocycles. The number of aromatic amines is 1. The number of para-hydroxylation sites is 1. The molecule has 4 rings (SSSR count). The molecule has 7 nitrogen and oxygen atoms in total. The number of amides is 1. The molecule has 2 heterocycles. The van der Waals surface area contributed by atoms with Gasteiger partial charge in [0.2, 0.25) is 0 Å². The molecule has 0 saturated heterocycles. The lowest BCUT2D eigenvalue weighted by atomic mass is 10.1. The van der Waals surface area contributed by atoms with Gasteiger partial charge in [0.1, 0.15) is 11.6 Å². The zero-order chi connectivity index (χ0) is 21.4. The van der Waals surface area contributed by atoms with Crippen molar-refractivity contribution in [3.05, 3.63) is 87.5 Å². The van der Waals surface area contributed by atoms with E-state index < -0.39 is 0 Å². The SMILES string of the molecule is Cc1nn(-c2ccc(F)cc2)c(C)c1C(=O)N(C)Cc1nc2ccccc2c(=O)[nH]1. The van der Waals surface area contributed by atoms with Crippen LogP contribution in [0, 0.1) is 19.7 Å². The molecule has 1 N–H and O–H groups in total. The van der Waals surface area contributed by atoms with Crippen LogP contribution in [0.2, 0.25) is 0 Å². The summed E-state index contributed by atoms with van der Waals surface area (Å²) in [7, 11) is 1.64. The van der Waals surface area contributed by atoms with Crippen LogP contribution in [0.4, 0.5) is 4.39 Å². The molecule has 0 atom stereocenters. The van der Waals surface area contributed by atoms with Gasteiger partial charge in [-0.2, -0.15) is 5.10 Å². The van der Waals surface area contributed by atoms with Gasteiger partial charge in [-0.15, -0.1) is 0 Å². The van der Waals surface area contributed by atoms with Crippen molar-refractivity contribution in [2.75, 3.05) is 7.05 Å². The van der Waals surface area contributed by atoms with Gasteiger partial charge in [0.25, 0.3) is 11.5 Å². The largest absolute Gasteiger partial charge is 0.334 e. The Balaban J connectivity index is 1.63. The molecule has 0 aliphatic carbocycles. The first-order chi connectivity index (χ1) is 14.3. The van der Waals surface area contributed by atoms with E-state index in [-0.39, 0.29) is 23.8 Å². The van der Waals surface area contributed by atoms with E-state index in [4.69, 9.17) is 0 Å². The minimum atomic E-state index is -0.340. The second-order valence-corrected chi connectivity index (χ2v) is 7.13. The van der Waals surface area contributed by atoms with Crippen LogP contribution in [-0.2, 0) is 6.54 Å². The Morgan fingerprint density at radius 3 is 2.57 bits per heavy atom. The molecule has 0 aliphatic heterocycles. The van der Waals surface area contributed by atoms with Crippen LogP contribution >= 0.6 is 0 Å². The van der Waals surface area contributed by atoms with E-state index in [1.165, 1.54) is 17.0 Å². The van der Waals surface area contributed by atoms with Crippen LogP contribution in [0.1, 0.15) is 27.6 Å². The van der Waals surface area contributed by atoms with Gasteiger partial charge in [0.15, 0.2) is 0 Å². The van der Waals surface area contributed by atoms with Gasteiger partial charge in [-0.3, -0.25) is 9.59 Å². The second-order valence-electron chi connectivity index (χ2n) is 7.13. The van der Waals surface area contributed by atoms with Crippen molar-refractivity contribution in [3.63, 3.8) is 0 Å². The maximum Gasteiger partial charge on any atom is 0.258 e. The number of aromatic nitrogens is 4. The lowest BCUT2D eigenvalue weighted by Gasteiger charge is -2.17. The van der Waals surface area contributed by atoms with E-state index in [0.717, 1.165) is 0 Å². The van der Waals surface area contributed by atoms with Gasteiger partial charge in [0, 0.05) is 7.05 Å². The molecule has 0 fully saturated rings. The zero-order valence-electron chi connectivity index (χ0n) is 16.8. The summed E-state index contributed by atoms with van der Waals surface area (Å²) in [6, 6.07) is 13.0. The molecule has 0 unspecified atom stereocenters. The lowest BCUT2D eigenvalue weighted by Crippen LogP contribution is -2.29. The Hall–Kier alpha value is -3.81. The highest BCUT2D eigenvalue weighted by Gasteiger charge is 2.23. The molecule has 1 amide bonds. The van der Waals surface area contributed by atoms with E-state index >= 15 is 0 Å². The van der Waals surface area contributed by atoms with Gasteiger partial charge >= 0.3 is 0 Å². The van der Waals surface area contributed by atoms with Gasteiger partial charge in [-0.1, -0.05) is 12.1 Å². The first kappa shape index (κ1) is 19.5. The minimum absolute atomic E-state index is 0.138. The summed E-state index contributed by atoms with van der Waals surface area (Å²) in [6.07, 6.45) is 0. The van der Waals surface area contributed by atoms with E-state index in [0.29, 0.717) is 39.4 Å². The van der Waals surface area contributed by atoms with Crippen molar-refractivity contribution in [2.45, 2.75) is 20.4 Å². The maximum atomic E-state index is 13.2. The molecular weight excluding hydrogens is 385 g/mol. The molecule has 0 spiro atoms. The Morgan fingerprint density at radius 1 is 1.13 bits per heavy atom. The molecule has 30 heavy (non-hydrogen) atoms. The van der Waals surface area contributed by atoms with Gasteiger partial charge in [0.05, 0.1) is 40.1 Å². The summed E-state index contributed by atoms with van der Waals surface area (Å²) in [5.41, 5.74) is 2.68. The predicted octanol–water partition coefficient (Wildman–Crippen LogP) is 3.14. The number of hydrogen-bond donors (Lipinski definition) is 1. The zero-order valence-corrected chi connectivity index (χ0v) is 16.8. The lowest BCUT2D eigenvalue weighted by molar-refractivity contribution is 0.0780. The number of rotatable bonds is 4. The molecule has 2 aromatic carbocycles. The fraction of sp³-hybridized carbons (Fsp3) is 0.182. The molecular formula is C22H20FN5O2. The summed E-state index contributed by atoms with van der Waals surface area (Å²) in [5, 5.41) is 4.95. The van der Waals surface area contributed by atoms with Gasteiger partial charge < -0.3 is 9.88 Å². The number of hydrogen-bond acceptors (Lipinski definition) is 4. The number of halogens is 1. The molecule has 8 heteroatoms. The van der Waals surface area contributed by atoms with Gasteiger partial charge in [-0.05, 0) is 50.2 Å². The monoisotopic (exact) mass is 405 g/mol. The summed E-state index contributed by atoms with van der Waals surface area (Å²) >= 11 is 0. The number of carbonyl (C=O) groups excluding carboxylic acids is 1.